The summed E-state index contributed by atoms with van der Waals surface area (Å²) in [6, 6.07) is 19.6. The van der Waals surface area contributed by atoms with Gasteiger partial charge in [0.15, 0.2) is 17.3 Å². The van der Waals surface area contributed by atoms with Crippen LogP contribution in [0.25, 0.3) is 23.1 Å². The molecule has 6 heteroatoms. The summed E-state index contributed by atoms with van der Waals surface area (Å²) in [5.41, 5.74) is 4.50. The lowest BCUT2D eigenvalue weighted by molar-refractivity contribution is 0.104. The smallest absolute Gasteiger partial charge is 0.203 e. The van der Waals surface area contributed by atoms with Crippen molar-refractivity contribution in [1.82, 2.24) is 4.57 Å². The second-order valence-corrected chi connectivity index (χ2v) is 7.93. The second kappa shape index (κ2) is 10.7. The third-order valence-electron chi connectivity index (χ3n) is 5.69. The second-order valence-electron chi connectivity index (χ2n) is 7.93. The minimum absolute atomic E-state index is 0.0484. The van der Waals surface area contributed by atoms with E-state index in [0.717, 1.165) is 27.7 Å². The van der Waals surface area contributed by atoms with Crippen LogP contribution in [0.4, 0.5) is 5.69 Å². The van der Waals surface area contributed by atoms with Crippen LogP contribution in [0.3, 0.4) is 0 Å². The Morgan fingerprint density at radius 3 is 2.29 bits per heavy atom. The third-order valence-corrected chi connectivity index (χ3v) is 5.69. The predicted molar refractivity (Wildman–Crippen MR) is 141 cm³/mol. The van der Waals surface area contributed by atoms with E-state index in [2.05, 4.69) is 5.32 Å². The Bertz CT molecular complexity index is 1390. The molecule has 0 atom stereocenters. The first-order chi connectivity index (χ1) is 17.0. The average molecular weight is 469 g/mol. The summed E-state index contributed by atoms with van der Waals surface area (Å²) in [6.45, 7) is 0. The molecule has 0 radical (unpaired) electrons. The van der Waals surface area contributed by atoms with Crippen molar-refractivity contribution in [2.45, 2.75) is 0 Å². The SMILES string of the molecule is COc1cc(/C=C\c2cccc(N/C=C\C(=O)c3cn(C)c4ccccc34)c2)cc(OC)c1OC. The number of hydrogen-bond acceptors (Lipinski definition) is 5. The van der Waals surface area contributed by atoms with Crippen molar-refractivity contribution in [2.75, 3.05) is 26.6 Å². The number of anilines is 1. The van der Waals surface area contributed by atoms with E-state index in [4.69, 9.17) is 14.2 Å². The number of aryl methyl sites for hydroxylation is 1. The topological polar surface area (TPSA) is 61.7 Å². The number of methoxy groups -OCH3 is 3. The first-order valence-electron chi connectivity index (χ1n) is 11.1. The summed E-state index contributed by atoms with van der Waals surface area (Å²) in [5.74, 6) is 1.71. The van der Waals surface area contributed by atoms with Crippen LogP contribution in [0, 0.1) is 0 Å². The lowest BCUT2D eigenvalue weighted by Gasteiger charge is -2.12. The zero-order chi connectivity index (χ0) is 24.8. The third kappa shape index (κ3) is 5.22. The molecule has 0 fully saturated rings. The molecule has 4 rings (SSSR count). The maximum Gasteiger partial charge on any atom is 0.203 e. The number of ketones is 1. The Balaban J connectivity index is 1.47. The predicted octanol–water partition coefficient (Wildman–Crippen LogP) is 6.18. The molecule has 1 N–H and O–H groups in total. The highest BCUT2D eigenvalue weighted by molar-refractivity contribution is 6.13. The standard InChI is InChI=1S/C29H28N2O4/c1-31-19-24(23-10-5-6-11-25(23)31)26(32)14-15-30-22-9-7-8-20(16-22)12-13-21-17-27(33-2)29(35-4)28(18-21)34-3/h5-19,30H,1-4H3/b13-12-,15-14-. The van der Waals surface area contributed by atoms with Crippen LogP contribution in [0.15, 0.2) is 79.1 Å². The molecule has 0 aliphatic rings. The van der Waals surface area contributed by atoms with Gasteiger partial charge in [-0.25, -0.2) is 0 Å². The maximum atomic E-state index is 12.8. The highest BCUT2D eigenvalue weighted by Gasteiger charge is 2.12. The number of allylic oxidation sites excluding steroid dienone is 1. The van der Waals surface area contributed by atoms with E-state index in [1.165, 1.54) is 0 Å². The molecule has 0 amide bonds. The number of benzene rings is 3. The molecule has 0 aliphatic heterocycles. The van der Waals surface area contributed by atoms with Crippen LogP contribution in [0.5, 0.6) is 17.2 Å². The van der Waals surface area contributed by atoms with Crippen LogP contribution in [0.1, 0.15) is 21.5 Å². The summed E-state index contributed by atoms with van der Waals surface area (Å²) in [7, 11) is 6.72. The summed E-state index contributed by atoms with van der Waals surface area (Å²) in [5, 5.41) is 4.14. The number of aromatic nitrogens is 1. The molecule has 178 valence electrons. The summed E-state index contributed by atoms with van der Waals surface area (Å²) in [6.07, 6.45) is 9.07. The number of nitrogens with one attached hydrogen (secondary N) is 1. The number of para-hydroxylation sites is 1. The molecule has 0 saturated carbocycles. The van der Waals surface area contributed by atoms with E-state index in [1.807, 2.05) is 90.6 Å². The molecule has 4 aromatic rings. The monoisotopic (exact) mass is 468 g/mol. The minimum atomic E-state index is -0.0484. The fourth-order valence-electron chi connectivity index (χ4n) is 3.96. The average Bonchev–Trinajstić information content (AvgIpc) is 3.23. The van der Waals surface area contributed by atoms with Crippen molar-refractivity contribution in [3.8, 4) is 17.2 Å². The van der Waals surface area contributed by atoms with Gasteiger partial charge in [0, 0.05) is 47.7 Å². The number of rotatable bonds is 9. The lowest BCUT2D eigenvalue weighted by atomic mass is 10.1. The Morgan fingerprint density at radius 1 is 0.857 bits per heavy atom. The quantitative estimate of drug-likeness (QED) is 0.180. The van der Waals surface area contributed by atoms with Crippen molar-refractivity contribution in [3.63, 3.8) is 0 Å². The molecule has 0 bridgehead atoms. The first kappa shape index (κ1) is 23.7. The molecular formula is C29H28N2O4. The fourth-order valence-corrected chi connectivity index (χ4v) is 3.96. The van der Waals surface area contributed by atoms with E-state index < -0.39 is 0 Å². The van der Waals surface area contributed by atoms with Crippen molar-refractivity contribution in [3.05, 3.63) is 95.8 Å². The molecule has 0 aliphatic carbocycles. The van der Waals surface area contributed by atoms with Crippen LogP contribution in [-0.4, -0.2) is 31.7 Å². The molecule has 6 nitrogen and oxygen atoms in total. The van der Waals surface area contributed by atoms with Gasteiger partial charge in [0.2, 0.25) is 5.75 Å². The number of carbonyl (C=O) groups is 1. The zero-order valence-electron chi connectivity index (χ0n) is 20.2. The number of ether oxygens (including phenoxy) is 3. The van der Waals surface area contributed by atoms with Gasteiger partial charge in [-0.1, -0.05) is 42.5 Å². The molecule has 0 saturated heterocycles. The van der Waals surface area contributed by atoms with Gasteiger partial charge in [-0.3, -0.25) is 4.79 Å². The number of carbonyl (C=O) groups excluding carboxylic acids is 1. The van der Waals surface area contributed by atoms with Gasteiger partial charge in [-0.2, -0.15) is 0 Å². The minimum Gasteiger partial charge on any atom is -0.493 e. The molecule has 0 spiro atoms. The van der Waals surface area contributed by atoms with Crippen LogP contribution in [0.2, 0.25) is 0 Å². The lowest BCUT2D eigenvalue weighted by Crippen LogP contribution is -1.96. The van der Waals surface area contributed by atoms with Crippen LogP contribution >= 0.6 is 0 Å². The highest BCUT2D eigenvalue weighted by atomic mass is 16.5. The largest absolute Gasteiger partial charge is 0.493 e. The normalized spacial score (nSPS) is 11.3. The zero-order valence-corrected chi connectivity index (χ0v) is 20.2. The van der Waals surface area contributed by atoms with E-state index in [-0.39, 0.29) is 5.78 Å². The fraction of sp³-hybridized carbons (Fsp3) is 0.138. The number of nitrogens with zero attached hydrogens (tertiary/aromatic N) is 1. The highest BCUT2D eigenvalue weighted by Crippen LogP contribution is 2.38. The van der Waals surface area contributed by atoms with Crippen molar-refractivity contribution < 1.29 is 19.0 Å². The maximum absolute atomic E-state index is 12.8. The van der Waals surface area contributed by atoms with Gasteiger partial charge in [-0.15, -0.1) is 0 Å². The van der Waals surface area contributed by atoms with Crippen molar-refractivity contribution in [2.24, 2.45) is 7.05 Å². The van der Waals surface area contributed by atoms with Crippen LogP contribution < -0.4 is 19.5 Å². The van der Waals surface area contributed by atoms with E-state index in [0.29, 0.717) is 22.8 Å². The first-order valence-corrected chi connectivity index (χ1v) is 11.1. The summed E-state index contributed by atoms with van der Waals surface area (Å²) >= 11 is 0. The van der Waals surface area contributed by atoms with Gasteiger partial charge in [0.1, 0.15) is 0 Å². The van der Waals surface area contributed by atoms with Crippen molar-refractivity contribution >= 4 is 34.5 Å². The summed E-state index contributed by atoms with van der Waals surface area (Å²) in [4.78, 5) is 12.8. The van der Waals surface area contributed by atoms with Crippen molar-refractivity contribution in [1.29, 1.82) is 0 Å². The van der Waals surface area contributed by atoms with Gasteiger partial charge in [0.25, 0.3) is 0 Å². The molecule has 1 heterocycles. The molecule has 35 heavy (non-hydrogen) atoms. The van der Waals surface area contributed by atoms with Gasteiger partial charge >= 0.3 is 0 Å². The summed E-state index contributed by atoms with van der Waals surface area (Å²) < 4.78 is 18.2. The Hall–Kier alpha value is -4.45. The van der Waals surface area contributed by atoms with E-state index in [9.17, 15) is 4.79 Å². The molecule has 3 aromatic carbocycles. The van der Waals surface area contributed by atoms with Gasteiger partial charge in [0.05, 0.1) is 21.3 Å². The number of fused-ring (bicyclic) bond motifs is 1. The van der Waals surface area contributed by atoms with E-state index >= 15 is 0 Å². The van der Waals surface area contributed by atoms with Gasteiger partial charge in [-0.05, 0) is 41.5 Å². The Labute approximate surface area is 205 Å². The Morgan fingerprint density at radius 2 is 1.57 bits per heavy atom. The molecular weight excluding hydrogens is 440 g/mol. The number of hydrogen-bond donors (Lipinski definition) is 1. The van der Waals surface area contributed by atoms with Gasteiger partial charge < -0.3 is 24.1 Å². The van der Waals surface area contributed by atoms with E-state index in [1.54, 1.807) is 33.6 Å². The Kier molecular flexibility index (Phi) is 7.21. The molecule has 0 unspecified atom stereocenters. The molecule has 1 aromatic heterocycles. The van der Waals surface area contributed by atoms with Crippen LogP contribution in [-0.2, 0) is 7.05 Å².